The summed E-state index contributed by atoms with van der Waals surface area (Å²) in [5.41, 5.74) is 5.52. The quantitative estimate of drug-likeness (QED) is 0.602. The van der Waals surface area contributed by atoms with Crippen molar-refractivity contribution in [2.75, 3.05) is 11.1 Å². The molecule has 0 amide bonds. The zero-order valence-corrected chi connectivity index (χ0v) is 9.99. The van der Waals surface area contributed by atoms with E-state index in [4.69, 9.17) is 5.73 Å². The second kappa shape index (κ2) is 4.82. The van der Waals surface area contributed by atoms with Crippen LogP contribution in [0.5, 0.6) is 0 Å². The third-order valence-electron chi connectivity index (χ3n) is 1.21. The molecule has 1 rings (SSSR count). The SMILES string of the molecule is Cc1nc(N)cc(NC=N[CH]=[W])n1. The van der Waals surface area contributed by atoms with Gasteiger partial charge in [-0.05, 0) is 0 Å². The molecule has 68 valence electrons. The Morgan fingerprint density at radius 3 is 3.00 bits per heavy atom. The van der Waals surface area contributed by atoms with Crippen molar-refractivity contribution in [2.45, 2.75) is 6.92 Å². The Labute approximate surface area is 86.9 Å². The van der Waals surface area contributed by atoms with Gasteiger partial charge in [0.25, 0.3) is 0 Å². The molecule has 0 aliphatic rings. The summed E-state index contributed by atoms with van der Waals surface area (Å²) in [5.74, 6) is 1.75. The van der Waals surface area contributed by atoms with Crippen LogP contribution in [0.4, 0.5) is 11.6 Å². The third-order valence-corrected chi connectivity index (χ3v) is 1.64. The maximum absolute atomic E-state index is 5.52. The topological polar surface area (TPSA) is 76.2 Å². The summed E-state index contributed by atoms with van der Waals surface area (Å²) in [7, 11) is 0. The number of aliphatic imine (C=N–C) groups is 1. The number of aromatic nitrogens is 2. The minimum atomic E-state index is 0.453. The molecule has 5 nitrogen and oxygen atoms in total. The van der Waals surface area contributed by atoms with Gasteiger partial charge < -0.3 is 0 Å². The monoisotopic (exact) mass is 347 g/mol. The Hall–Kier alpha value is -1.09. The number of aryl methyl sites for hydroxylation is 1. The predicted molar refractivity (Wildman–Crippen MR) is 49.4 cm³/mol. The fraction of sp³-hybridized carbons (Fsp3) is 0.143. The zero-order valence-electron chi connectivity index (χ0n) is 7.06. The van der Waals surface area contributed by atoms with Gasteiger partial charge in [0.1, 0.15) is 0 Å². The van der Waals surface area contributed by atoms with E-state index in [2.05, 4.69) is 20.3 Å². The number of anilines is 2. The van der Waals surface area contributed by atoms with E-state index in [1.54, 1.807) is 23.9 Å². The second-order valence-corrected chi connectivity index (χ2v) is 3.01. The predicted octanol–water partition coefficient (Wildman–Crippen LogP) is 0.114. The van der Waals surface area contributed by atoms with Crippen molar-refractivity contribution in [3.63, 3.8) is 0 Å². The Morgan fingerprint density at radius 2 is 2.38 bits per heavy atom. The Kier molecular flexibility index (Phi) is 3.70. The molecule has 6 heteroatoms. The summed E-state index contributed by atoms with van der Waals surface area (Å²) in [6.45, 7) is 1.79. The second-order valence-electron chi connectivity index (χ2n) is 2.25. The summed E-state index contributed by atoms with van der Waals surface area (Å²) in [6.07, 6.45) is 1.56. The first-order valence-corrected chi connectivity index (χ1v) is 5.24. The molecular weight excluding hydrogens is 338 g/mol. The summed E-state index contributed by atoms with van der Waals surface area (Å²) in [5, 5.41) is 2.89. The molecule has 0 saturated carbocycles. The van der Waals surface area contributed by atoms with Crippen LogP contribution in [-0.2, 0) is 19.4 Å². The average Bonchev–Trinajstić information content (AvgIpc) is 2.03. The van der Waals surface area contributed by atoms with Crippen LogP contribution in [0.3, 0.4) is 0 Å². The number of nitrogens with one attached hydrogen (secondary N) is 1. The van der Waals surface area contributed by atoms with Crippen LogP contribution in [-0.4, -0.2) is 20.8 Å². The van der Waals surface area contributed by atoms with Crippen LogP contribution in [0, 0.1) is 6.92 Å². The Morgan fingerprint density at radius 1 is 1.62 bits per heavy atom. The van der Waals surface area contributed by atoms with Gasteiger partial charge in [0.15, 0.2) is 0 Å². The van der Waals surface area contributed by atoms with E-state index in [0.717, 1.165) is 0 Å². The first-order valence-electron chi connectivity index (χ1n) is 3.55. The van der Waals surface area contributed by atoms with Crippen LogP contribution in [0.15, 0.2) is 11.1 Å². The van der Waals surface area contributed by atoms with Crippen LogP contribution in [0.2, 0.25) is 0 Å². The standard InChI is InChI=1S/C7H9N5.W/c1-5-11-6(8)3-7(12-5)10-4-9-2;/h2-4H,1H3,(H3,8,10,11,12);. The van der Waals surface area contributed by atoms with E-state index in [0.29, 0.717) is 17.5 Å². The van der Waals surface area contributed by atoms with E-state index in [9.17, 15) is 0 Å². The van der Waals surface area contributed by atoms with Crippen LogP contribution in [0.25, 0.3) is 0 Å². The van der Waals surface area contributed by atoms with Gasteiger partial charge in [0.2, 0.25) is 0 Å². The van der Waals surface area contributed by atoms with Gasteiger partial charge in [-0.25, -0.2) is 0 Å². The van der Waals surface area contributed by atoms with E-state index in [1.165, 1.54) is 19.4 Å². The minimum absolute atomic E-state index is 0.453. The van der Waals surface area contributed by atoms with Gasteiger partial charge in [0.05, 0.1) is 0 Å². The molecule has 0 aromatic carbocycles. The molecule has 0 radical (unpaired) electrons. The van der Waals surface area contributed by atoms with E-state index in [-0.39, 0.29) is 0 Å². The van der Waals surface area contributed by atoms with Gasteiger partial charge in [-0.3, -0.25) is 0 Å². The first kappa shape index (κ1) is 9.99. The molecule has 0 atom stereocenters. The van der Waals surface area contributed by atoms with Crippen molar-refractivity contribution in [3.8, 4) is 0 Å². The molecule has 1 aromatic rings. The number of rotatable bonds is 3. The summed E-state index contributed by atoms with van der Waals surface area (Å²) in [4.78, 5) is 11.9. The average molecular weight is 347 g/mol. The molecule has 13 heavy (non-hydrogen) atoms. The van der Waals surface area contributed by atoms with Crippen molar-refractivity contribution in [1.29, 1.82) is 0 Å². The summed E-state index contributed by atoms with van der Waals surface area (Å²) in [6, 6.07) is 1.65. The van der Waals surface area contributed by atoms with Gasteiger partial charge in [-0.1, -0.05) is 0 Å². The number of nitrogens with two attached hydrogens (primary N) is 1. The summed E-state index contributed by atoms with van der Waals surface area (Å²) >= 11 is 1.30. The first-order chi connectivity index (χ1) is 6.22. The van der Waals surface area contributed by atoms with Gasteiger partial charge in [-0.2, -0.15) is 0 Å². The normalized spacial score (nSPS) is 10.2. The third kappa shape index (κ3) is 3.42. The number of nitrogen functional groups attached to an aromatic ring is 1. The zero-order chi connectivity index (χ0) is 9.68. The molecule has 0 spiro atoms. The van der Waals surface area contributed by atoms with Crippen molar-refractivity contribution in [1.82, 2.24) is 9.97 Å². The van der Waals surface area contributed by atoms with Crippen molar-refractivity contribution >= 4 is 22.5 Å². The molecule has 0 aliphatic heterocycles. The van der Waals surface area contributed by atoms with Gasteiger partial charge in [-0.15, -0.1) is 0 Å². The van der Waals surface area contributed by atoms with Gasteiger partial charge >= 0.3 is 86.7 Å². The molecule has 0 unspecified atom stereocenters. The van der Waals surface area contributed by atoms with Gasteiger partial charge in [0, 0.05) is 0 Å². The molecule has 1 aromatic heterocycles. The molecule has 3 N–H and O–H groups in total. The van der Waals surface area contributed by atoms with Crippen LogP contribution in [0.1, 0.15) is 5.82 Å². The van der Waals surface area contributed by atoms with E-state index < -0.39 is 0 Å². The summed E-state index contributed by atoms with van der Waals surface area (Å²) < 4.78 is 1.75. The van der Waals surface area contributed by atoms with Crippen molar-refractivity contribution in [2.24, 2.45) is 4.99 Å². The fourth-order valence-electron chi connectivity index (χ4n) is 0.799. The number of hydrogen-bond acceptors (Lipinski definition) is 4. The number of hydrogen-bond donors (Lipinski definition) is 2. The number of nitrogens with zero attached hydrogens (tertiary/aromatic N) is 3. The van der Waals surface area contributed by atoms with E-state index >= 15 is 0 Å². The van der Waals surface area contributed by atoms with Crippen molar-refractivity contribution in [3.05, 3.63) is 11.9 Å². The van der Waals surface area contributed by atoms with Crippen LogP contribution >= 0.6 is 0 Å². The Bertz CT molecular complexity index is 315. The fourth-order valence-corrected chi connectivity index (χ4v) is 1.02. The molecule has 0 saturated heterocycles. The molecule has 0 bridgehead atoms. The van der Waals surface area contributed by atoms with Crippen molar-refractivity contribution < 1.29 is 19.4 Å². The van der Waals surface area contributed by atoms with Crippen LogP contribution < -0.4 is 11.1 Å². The maximum atomic E-state index is 5.52. The molecule has 0 aliphatic carbocycles. The molecular formula is C7H9N5W. The van der Waals surface area contributed by atoms with E-state index in [1.807, 2.05) is 0 Å². The molecule has 0 fully saturated rings. The Balaban J connectivity index is 2.77. The molecule has 1 heterocycles.